The Bertz CT molecular complexity index is 1070. The molecule has 0 bridgehead atoms. The first-order chi connectivity index (χ1) is 13.6. The average molecular weight is 374 g/mol. The summed E-state index contributed by atoms with van der Waals surface area (Å²) in [7, 11) is 0. The molecule has 1 atom stereocenters. The Hall–Kier alpha value is -3.61. The van der Waals surface area contributed by atoms with Crippen LogP contribution in [-0.4, -0.2) is 37.7 Å². The van der Waals surface area contributed by atoms with Crippen LogP contribution in [0.5, 0.6) is 0 Å². The summed E-state index contributed by atoms with van der Waals surface area (Å²) in [5.74, 6) is -1.31. The Morgan fingerprint density at radius 1 is 1.00 bits per heavy atom. The van der Waals surface area contributed by atoms with Crippen LogP contribution >= 0.6 is 0 Å². The number of carbonyl (C=O) groups is 2. The first kappa shape index (κ1) is 17.8. The topological polar surface area (TPSA) is 95.8 Å². The van der Waals surface area contributed by atoms with E-state index in [9.17, 15) is 9.59 Å². The van der Waals surface area contributed by atoms with Crippen LogP contribution < -0.4 is 0 Å². The maximum atomic E-state index is 12.7. The number of benzene rings is 2. The first-order valence-corrected chi connectivity index (χ1v) is 8.99. The second kappa shape index (κ2) is 7.56. The van der Waals surface area contributed by atoms with Crippen molar-refractivity contribution in [1.82, 2.24) is 15.0 Å². The molecule has 0 unspecified atom stereocenters. The third-order valence-electron chi connectivity index (χ3n) is 4.70. The third kappa shape index (κ3) is 3.59. The molecule has 1 aliphatic heterocycles. The molecule has 2 heterocycles. The highest BCUT2D eigenvalue weighted by atomic mass is 16.4. The maximum Gasteiger partial charge on any atom is 0.303 e. The summed E-state index contributed by atoms with van der Waals surface area (Å²) in [6.45, 7) is 0. The minimum atomic E-state index is -1.00. The molecule has 3 aromatic rings. The SMILES string of the molecule is O=C(O)CCC(=O)N1N=C(c2ccccc2)C[C@H]1c1ccc2nccnc2c1. The molecular weight excluding hydrogens is 356 g/mol. The second-order valence-corrected chi connectivity index (χ2v) is 6.57. The van der Waals surface area contributed by atoms with E-state index in [1.165, 1.54) is 5.01 Å². The lowest BCUT2D eigenvalue weighted by atomic mass is 9.98. The van der Waals surface area contributed by atoms with Crippen LogP contribution in [0.1, 0.15) is 36.4 Å². The molecule has 1 aromatic heterocycles. The number of aliphatic carboxylic acids is 1. The Balaban J connectivity index is 1.68. The van der Waals surface area contributed by atoms with E-state index in [2.05, 4.69) is 15.1 Å². The van der Waals surface area contributed by atoms with Crippen LogP contribution in [0.25, 0.3) is 11.0 Å². The van der Waals surface area contributed by atoms with Crippen LogP contribution in [0.2, 0.25) is 0 Å². The number of hydrogen-bond acceptors (Lipinski definition) is 5. The highest BCUT2D eigenvalue weighted by Crippen LogP contribution is 2.34. The largest absolute Gasteiger partial charge is 0.481 e. The number of fused-ring (bicyclic) bond motifs is 1. The number of hydrazone groups is 1. The predicted molar refractivity (Wildman–Crippen MR) is 104 cm³/mol. The Morgan fingerprint density at radius 2 is 1.75 bits per heavy atom. The van der Waals surface area contributed by atoms with Gasteiger partial charge in [0.1, 0.15) is 0 Å². The number of carboxylic acids is 1. The number of carbonyl (C=O) groups excluding carboxylic acids is 1. The molecule has 2 aromatic carbocycles. The Labute approximate surface area is 161 Å². The van der Waals surface area contributed by atoms with Gasteiger partial charge in [-0.3, -0.25) is 19.6 Å². The van der Waals surface area contributed by atoms with Crippen LogP contribution in [-0.2, 0) is 9.59 Å². The normalized spacial score (nSPS) is 16.2. The van der Waals surface area contributed by atoms with E-state index >= 15 is 0 Å². The smallest absolute Gasteiger partial charge is 0.303 e. The van der Waals surface area contributed by atoms with Crippen LogP contribution in [0.4, 0.5) is 0 Å². The molecule has 28 heavy (non-hydrogen) atoms. The van der Waals surface area contributed by atoms with Crippen molar-refractivity contribution in [3.05, 3.63) is 72.1 Å². The van der Waals surface area contributed by atoms with E-state index < -0.39 is 5.97 Å². The lowest BCUT2D eigenvalue weighted by Gasteiger charge is -2.22. The molecular formula is C21H18N4O3. The van der Waals surface area contributed by atoms with Crippen molar-refractivity contribution in [3.63, 3.8) is 0 Å². The van der Waals surface area contributed by atoms with Crippen molar-refractivity contribution in [1.29, 1.82) is 0 Å². The van der Waals surface area contributed by atoms with E-state index in [0.29, 0.717) is 6.42 Å². The highest BCUT2D eigenvalue weighted by molar-refractivity contribution is 6.03. The molecule has 7 heteroatoms. The summed E-state index contributed by atoms with van der Waals surface area (Å²) in [5, 5.41) is 14.9. The summed E-state index contributed by atoms with van der Waals surface area (Å²) >= 11 is 0. The number of nitrogens with zero attached hydrogens (tertiary/aromatic N) is 4. The van der Waals surface area contributed by atoms with Crippen molar-refractivity contribution in [2.75, 3.05) is 0 Å². The van der Waals surface area contributed by atoms with E-state index in [-0.39, 0.29) is 24.8 Å². The van der Waals surface area contributed by atoms with E-state index in [1.807, 2.05) is 48.5 Å². The zero-order chi connectivity index (χ0) is 19.5. The fourth-order valence-corrected chi connectivity index (χ4v) is 3.32. The molecule has 0 fully saturated rings. The van der Waals surface area contributed by atoms with E-state index in [4.69, 9.17) is 5.11 Å². The Morgan fingerprint density at radius 3 is 2.50 bits per heavy atom. The van der Waals surface area contributed by atoms with Crippen molar-refractivity contribution < 1.29 is 14.7 Å². The molecule has 0 spiro atoms. The molecule has 140 valence electrons. The van der Waals surface area contributed by atoms with Crippen molar-refractivity contribution >= 4 is 28.6 Å². The molecule has 1 aliphatic rings. The summed E-state index contributed by atoms with van der Waals surface area (Å²) < 4.78 is 0. The van der Waals surface area contributed by atoms with Gasteiger partial charge < -0.3 is 5.11 Å². The molecule has 1 N–H and O–H groups in total. The summed E-state index contributed by atoms with van der Waals surface area (Å²) in [4.78, 5) is 32.2. The van der Waals surface area contributed by atoms with Gasteiger partial charge >= 0.3 is 5.97 Å². The number of hydrogen-bond donors (Lipinski definition) is 1. The van der Waals surface area contributed by atoms with Gasteiger partial charge in [-0.1, -0.05) is 36.4 Å². The molecule has 0 saturated carbocycles. The molecule has 0 saturated heterocycles. The van der Waals surface area contributed by atoms with Gasteiger partial charge in [0.25, 0.3) is 0 Å². The number of aromatic nitrogens is 2. The lowest BCUT2D eigenvalue weighted by molar-refractivity contribution is -0.141. The van der Waals surface area contributed by atoms with Crippen molar-refractivity contribution in [3.8, 4) is 0 Å². The van der Waals surface area contributed by atoms with Gasteiger partial charge in [-0.2, -0.15) is 5.10 Å². The summed E-state index contributed by atoms with van der Waals surface area (Å²) in [6, 6.07) is 15.1. The van der Waals surface area contributed by atoms with Gasteiger partial charge in [0.15, 0.2) is 0 Å². The molecule has 0 radical (unpaired) electrons. The number of amides is 1. The third-order valence-corrected chi connectivity index (χ3v) is 4.70. The standard InChI is InChI=1S/C21H18N4O3/c26-20(8-9-21(27)28)25-19(13-17(24-25)14-4-2-1-3-5-14)15-6-7-16-18(12-15)23-11-10-22-16/h1-7,10-12,19H,8-9,13H2,(H,27,28)/t19-/m0/s1. The van der Waals surface area contributed by atoms with Gasteiger partial charge in [-0.25, -0.2) is 5.01 Å². The maximum absolute atomic E-state index is 12.7. The summed E-state index contributed by atoms with van der Waals surface area (Å²) in [5.41, 5.74) is 4.16. The zero-order valence-electron chi connectivity index (χ0n) is 15.0. The molecule has 0 aliphatic carbocycles. The van der Waals surface area contributed by atoms with Gasteiger partial charge in [0.05, 0.1) is 29.2 Å². The van der Waals surface area contributed by atoms with E-state index in [0.717, 1.165) is 27.9 Å². The molecule has 1 amide bonds. The minimum absolute atomic E-state index is 0.0925. The van der Waals surface area contributed by atoms with Crippen molar-refractivity contribution in [2.24, 2.45) is 5.10 Å². The Kier molecular flexibility index (Phi) is 4.80. The number of carboxylic acid groups (broad SMARTS) is 1. The molecule has 7 nitrogen and oxygen atoms in total. The molecule has 4 rings (SSSR count). The van der Waals surface area contributed by atoms with Gasteiger partial charge in [-0.05, 0) is 23.3 Å². The van der Waals surface area contributed by atoms with Gasteiger partial charge in [0, 0.05) is 25.2 Å². The highest BCUT2D eigenvalue weighted by Gasteiger charge is 2.33. The van der Waals surface area contributed by atoms with Gasteiger partial charge in [0.2, 0.25) is 5.91 Å². The fraction of sp³-hybridized carbons (Fsp3) is 0.190. The predicted octanol–water partition coefficient (Wildman–Crippen LogP) is 3.17. The monoisotopic (exact) mass is 374 g/mol. The van der Waals surface area contributed by atoms with Crippen LogP contribution in [0, 0.1) is 0 Å². The first-order valence-electron chi connectivity index (χ1n) is 8.99. The lowest BCUT2D eigenvalue weighted by Crippen LogP contribution is -2.27. The zero-order valence-corrected chi connectivity index (χ0v) is 15.0. The second-order valence-electron chi connectivity index (χ2n) is 6.57. The minimum Gasteiger partial charge on any atom is -0.481 e. The van der Waals surface area contributed by atoms with Crippen molar-refractivity contribution in [2.45, 2.75) is 25.3 Å². The fourth-order valence-electron chi connectivity index (χ4n) is 3.32. The number of rotatable bonds is 5. The van der Waals surface area contributed by atoms with Crippen LogP contribution in [0.3, 0.4) is 0 Å². The van der Waals surface area contributed by atoms with Gasteiger partial charge in [-0.15, -0.1) is 0 Å². The average Bonchev–Trinajstić information content (AvgIpc) is 3.18. The van der Waals surface area contributed by atoms with Crippen LogP contribution in [0.15, 0.2) is 66.0 Å². The van der Waals surface area contributed by atoms with E-state index in [1.54, 1.807) is 12.4 Å². The summed E-state index contributed by atoms with van der Waals surface area (Å²) in [6.07, 6.45) is 3.50. The quantitative estimate of drug-likeness (QED) is 0.740.